The molecule has 0 aliphatic carbocycles. The SMILES string of the molecule is Cc1ccc(N(CCC#N)C(=O)CSc2nc(Cc3ccccc3)c(C)[nH]2)cc1C. The van der Waals surface area contributed by atoms with Crippen LogP contribution in [-0.2, 0) is 11.2 Å². The molecule has 0 atom stereocenters. The number of thioether (sulfide) groups is 1. The quantitative estimate of drug-likeness (QED) is 0.525. The number of hydrogen-bond donors (Lipinski definition) is 1. The second-order valence-corrected chi connectivity index (χ2v) is 8.25. The van der Waals surface area contributed by atoms with Crippen LogP contribution in [0.1, 0.15) is 34.5 Å². The lowest BCUT2D eigenvalue weighted by Crippen LogP contribution is -2.33. The smallest absolute Gasteiger partial charge is 0.237 e. The molecule has 2 aromatic carbocycles. The van der Waals surface area contributed by atoms with Crippen LogP contribution < -0.4 is 4.90 Å². The van der Waals surface area contributed by atoms with Gasteiger partial charge in [0.2, 0.25) is 5.91 Å². The van der Waals surface area contributed by atoms with Crippen molar-refractivity contribution in [3.63, 3.8) is 0 Å². The first-order valence-electron chi connectivity index (χ1n) is 9.94. The Morgan fingerprint density at radius 1 is 1.13 bits per heavy atom. The van der Waals surface area contributed by atoms with E-state index >= 15 is 0 Å². The summed E-state index contributed by atoms with van der Waals surface area (Å²) in [5, 5.41) is 9.74. The predicted octanol–water partition coefficient (Wildman–Crippen LogP) is 4.96. The van der Waals surface area contributed by atoms with E-state index in [1.54, 1.807) is 4.90 Å². The molecule has 30 heavy (non-hydrogen) atoms. The molecule has 0 aliphatic heterocycles. The van der Waals surface area contributed by atoms with E-state index in [0.29, 0.717) is 13.0 Å². The Kier molecular flexibility index (Phi) is 7.31. The van der Waals surface area contributed by atoms with Crippen LogP contribution in [0.25, 0.3) is 0 Å². The zero-order valence-electron chi connectivity index (χ0n) is 17.6. The fourth-order valence-corrected chi connectivity index (χ4v) is 3.97. The van der Waals surface area contributed by atoms with Crippen molar-refractivity contribution in [3.8, 4) is 6.07 Å². The van der Waals surface area contributed by atoms with E-state index in [9.17, 15) is 4.79 Å². The summed E-state index contributed by atoms with van der Waals surface area (Å²) >= 11 is 1.40. The Morgan fingerprint density at radius 3 is 2.60 bits per heavy atom. The highest BCUT2D eigenvalue weighted by molar-refractivity contribution is 7.99. The number of nitrogens with zero attached hydrogens (tertiary/aromatic N) is 3. The van der Waals surface area contributed by atoms with Crippen molar-refractivity contribution < 1.29 is 4.79 Å². The van der Waals surface area contributed by atoms with Crippen molar-refractivity contribution in [2.45, 2.75) is 38.8 Å². The Hall–Kier alpha value is -3.04. The predicted molar refractivity (Wildman–Crippen MR) is 122 cm³/mol. The largest absolute Gasteiger partial charge is 0.337 e. The van der Waals surface area contributed by atoms with Crippen molar-refractivity contribution in [2.75, 3.05) is 17.2 Å². The lowest BCUT2D eigenvalue weighted by molar-refractivity contribution is -0.116. The van der Waals surface area contributed by atoms with E-state index in [4.69, 9.17) is 5.26 Å². The maximum absolute atomic E-state index is 13.0. The fourth-order valence-electron chi connectivity index (χ4n) is 3.16. The van der Waals surface area contributed by atoms with Crippen molar-refractivity contribution in [2.24, 2.45) is 0 Å². The first-order chi connectivity index (χ1) is 14.5. The third kappa shape index (κ3) is 5.52. The molecule has 6 heteroatoms. The number of carbonyl (C=O) groups is 1. The van der Waals surface area contributed by atoms with Gasteiger partial charge in [0.25, 0.3) is 0 Å². The molecule has 1 amide bonds. The van der Waals surface area contributed by atoms with E-state index in [2.05, 4.69) is 28.2 Å². The fraction of sp³-hybridized carbons (Fsp3) is 0.292. The number of anilines is 1. The van der Waals surface area contributed by atoms with Gasteiger partial charge >= 0.3 is 0 Å². The summed E-state index contributed by atoms with van der Waals surface area (Å²) in [5.74, 6) is 0.230. The van der Waals surface area contributed by atoms with Gasteiger partial charge in [-0.1, -0.05) is 48.2 Å². The number of carbonyl (C=O) groups excluding carboxylic acids is 1. The maximum Gasteiger partial charge on any atom is 0.237 e. The molecule has 3 rings (SSSR count). The summed E-state index contributed by atoms with van der Waals surface area (Å²) in [4.78, 5) is 22.6. The van der Waals surface area contributed by atoms with E-state index in [1.807, 2.05) is 57.2 Å². The zero-order valence-corrected chi connectivity index (χ0v) is 18.4. The Morgan fingerprint density at radius 2 is 1.90 bits per heavy atom. The van der Waals surface area contributed by atoms with Gasteiger partial charge in [0.05, 0.1) is 23.9 Å². The molecule has 0 bridgehead atoms. The van der Waals surface area contributed by atoms with Crippen LogP contribution in [0, 0.1) is 32.1 Å². The number of nitrogens with one attached hydrogen (secondary N) is 1. The van der Waals surface area contributed by atoms with Gasteiger partial charge in [-0.2, -0.15) is 5.26 Å². The summed E-state index contributed by atoms with van der Waals surface area (Å²) in [6.45, 7) is 6.46. The van der Waals surface area contributed by atoms with E-state index in [1.165, 1.54) is 22.9 Å². The highest BCUT2D eigenvalue weighted by Crippen LogP contribution is 2.23. The molecule has 3 aromatic rings. The molecular formula is C24H26N4OS. The summed E-state index contributed by atoms with van der Waals surface area (Å²) in [6.07, 6.45) is 1.05. The maximum atomic E-state index is 13.0. The van der Waals surface area contributed by atoms with Gasteiger partial charge in [-0.05, 0) is 49.6 Å². The second kappa shape index (κ2) is 10.1. The molecule has 0 radical (unpaired) electrons. The van der Waals surface area contributed by atoms with Crippen molar-refractivity contribution in [1.82, 2.24) is 9.97 Å². The van der Waals surface area contributed by atoms with E-state index in [0.717, 1.165) is 34.2 Å². The molecule has 5 nitrogen and oxygen atoms in total. The molecule has 1 N–H and O–H groups in total. The lowest BCUT2D eigenvalue weighted by Gasteiger charge is -2.22. The minimum atomic E-state index is -0.0304. The molecule has 1 aromatic heterocycles. The van der Waals surface area contributed by atoms with Crippen LogP contribution in [0.4, 0.5) is 5.69 Å². The first-order valence-corrected chi connectivity index (χ1v) is 10.9. The Bertz CT molecular complexity index is 1050. The van der Waals surface area contributed by atoms with Crippen LogP contribution in [0.2, 0.25) is 0 Å². The van der Waals surface area contributed by atoms with Crippen molar-refractivity contribution in [3.05, 3.63) is 76.6 Å². The molecule has 1 heterocycles. The average molecular weight is 419 g/mol. The molecule has 154 valence electrons. The minimum Gasteiger partial charge on any atom is -0.337 e. The van der Waals surface area contributed by atoms with Gasteiger partial charge < -0.3 is 9.88 Å². The second-order valence-electron chi connectivity index (χ2n) is 7.29. The monoisotopic (exact) mass is 418 g/mol. The van der Waals surface area contributed by atoms with E-state index in [-0.39, 0.29) is 11.7 Å². The Labute approximate surface area is 182 Å². The number of aryl methyl sites for hydroxylation is 3. The molecule has 0 fully saturated rings. The first kappa shape index (κ1) is 21.7. The number of aromatic nitrogens is 2. The zero-order chi connectivity index (χ0) is 21.5. The topological polar surface area (TPSA) is 72.8 Å². The highest BCUT2D eigenvalue weighted by Gasteiger charge is 2.18. The number of imidazole rings is 1. The minimum absolute atomic E-state index is 0.0304. The van der Waals surface area contributed by atoms with Crippen LogP contribution in [0.5, 0.6) is 0 Å². The van der Waals surface area contributed by atoms with Crippen molar-refractivity contribution in [1.29, 1.82) is 5.26 Å². The molecule has 0 saturated heterocycles. The summed E-state index contributed by atoms with van der Waals surface area (Å²) < 4.78 is 0. The number of aromatic amines is 1. The molecule has 0 unspecified atom stereocenters. The molecular weight excluding hydrogens is 392 g/mol. The number of nitriles is 1. The normalized spacial score (nSPS) is 10.6. The number of H-pyrrole nitrogens is 1. The molecule has 0 saturated carbocycles. The number of benzene rings is 2. The number of hydrogen-bond acceptors (Lipinski definition) is 4. The number of rotatable bonds is 8. The third-order valence-corrected chi connectivity index (χ3v) is 5.92. The standard InChI is InChI=1S/C24H26N4OS/c1-17-10-11-21(14-18(17)2)28(13-7-12-25)23(29)16-30-24-26-19(3)22(27-24)15-20-8-5-4-6-9-20/h4-6,8-11,14H,7,13,15-16H2,1-3H3,(H,26,27). The summed E-state index contributed by atoms with van der Waals surface area (Å²) in [5.41, 5.74) is 6.35. The van der Waals surface area contributed by atoms with Crippen LogP contribution in [-0.4, -0.2) is 28.2 Å². The molecule has 0 aliphatic rings. The Balaban J connectivity index is 1.68. The lowest BCUT2D eigenvalue weighted by atomic mass is 10.1. The van der Waals surface area contributed by atoms with Crippen LogP contribution >= 0.6 is 11.8 Å². The van der Waals surface area contributed by atoms with Crippen LogP contribution in [0.15, 0.2) is 53.7 Å². The third-order valence-electron chi connectivity index (χ3n) is 5.06. The van der Waals surface area contributed by atoms with Gasteiger partial charge in [0.1, 0.15) is 0 Å². The summed E-state index contributed by atoms with van der Waals surface area (Å²) in [7, 11) is 0. The van der Waals surface area contributed by atoms with Gasteiger partial charge in [-0.15, -0.1) is 0 Å². The van der Waals surface area contributed by atoms with Crippen LogP contribution in [0.3, 0.4) is 0 Å². The van der Waals surface area contributed by atoms with Gasteiger partial charge in [0, 0.05) is 24.3 Å². The molecule has 0 spiro atoms. The highest BCUT2D eigenvalue weighted by atomic mass is 32.2. The van der Waals surface area contributed by atoms with Gasteiger partial charge in [0.15, 0.2) is 5.16 Å². The summed E-state index contributed by atoms with van der Waals surface area (Å²) in [6, 6.07) is 18.3. The van der Waals surface area contributed by atoms with Crippen molar-refractivity contribution >= 4 is 23.4 Å². The van der Waals surface area contributed by atoms with E-state index < -0.39 is 0 Å². The van der Waals surface area contributed by atoms with Gasteiger partial charge in [-0.25, -0.2) is 4.98 Å². The number of amides is 1. The average Bonchev–Trinajstić information content (AvgIpc) is 3.09. The van der Waals surface area contributed by atoms with Gasteiger partial charge in [-0.3, -0.25) is 4.79 Å².